The molecule has 1 aliphatic rings. The molecule has 25 heavy (non-hydrogen) atoms. The van der Waals surface area contributed by atoms with Crippen LogP contribution in [0.3, 0.4) is 0 Å². The summed E-state index contributed by atoms with van der Waals surface area (Å²) in [4.78, 5) is 24.4. The van der Waals surface area contributed by atoms with Crippen LogP contribution in [0.2, 0.25) is 5.02 Å². The standard InChI is InChI=1S/C17H21ClN2O5/c1-4-11-13(16(22)25-6-3)14(20-17(23)19-11)9-7-10(18)15(21)12(8-9)24-5-2/h7-8,14,21H,4-6H2,1-3H3,(H2,19,20,23). The van der Waals surface area contributed by atoms with Crippen molar-refractivity contribution in [3.8, 4) is 11.5 Å². The minimum absolute atomic E-state index is 0.0648. The molecule has 0 aliphatic carbocycles. The number of phenolic OH excluding ortho intramolecular Hbond substituents is 1. The van der Waals surface area contributed by atoms with Crippen LogP contribution < -0.4 is 15.4 Å². The lowest BCUT2D eigenvalue weighted by Crippen LogP contribution is -2.45. The maximum absolute atomic E-state index is 12.4. The van der Waals surface area contributed by atoms with Crippen molar-refractivity contribution in [2.24, 2.45) is 0 Å². The smallest absolute Gasteiger partial charge is 0.338 e. The van der Waals surface area contributed by atoms with E-state index in [1.54, 1.807) is 19.9 Å². The molecule has 0 aromatic heterocycles. The number of phenols is 1. The highest BCUT2D eigenvalue weighted by atomic mass is 35.5. The lowest BCUT2D eigenvalue weighted by molar-refractivity contribution is -0.139. The Morgan fingerprint density at radius 3 is 2.60 bits per heavy atom. The summed E-state index contributed by atoms with van der Waals surface area (Å²) in [6.45, 7) is 5.84. The van der Waals surface area contributed by atoms with E-state index < -0.39 is 18.0 Å². The first kappa shape index (κ1) is 18.9. The van der Waals surface area contributed by atoms with E-state index in [9.17, 15) is 14.7 Å². The van der Waals surface area contributed by atoms with E-state index in [4.69, 9.17) is 21.1 Å². The van der Waals surface area contributed by atoms with E-state index >= 15 is 0 Å². The molecule has 1 aliphatic heterocycles. The van der Waals surface area contributed by atoms with Crippen molar-refractivity contribution in [2.75, 3.05) is 13.2 Å². The van der Waals surface area contributed by atoms with Crippen molar-refractivity contribution >= 4 is 23.6 Å². The molecule has 1 unspecified atom stereocenters. The Morgan fingerprint density at radius 2 is 2.00 bits per heavy atom. The van der Waals surface area contributed by atoms with Crippen LogP contribution in [0.15, 0.2) is 23.4 Å². The Morgan fingerprint density at radius 1 is 1.28 bits per heavy atom. The third kappa shape index (κ3) is 3.99. The summed E-state index contributed by atoms with van der Waals surface area (Å²) < 4.78 is 10.5. The first-order valence-electron chi connectivity index (χ1n) is 8.05. The number of nitrogens with one attached hydrogen (secondary N) is 2. The third-order valence-corrected chi connectivity index (χ3v) is 3.97. The van der Waals surface area contributed by atoms with E-state index in [1.165, 1.54) is 6.07 Å². The van der Waals surface area contributed by atoms with Crippen molar-refractivity contribution in [3.05, 3.63) is 34.0 Å². The van der Waals surface area contributed by atoms with Gasteiger partial charge in [-0.25, -0.2) is 9.59 Å². The normalized spacial score (nSPS) is 17.0. The molecule has 1 atom stereocenters. The monoisotopic (exact) mass is 368 g/mol. The molecular formula is C17H21ClN2O5. The third-order valence-electron chi connectivity index (χ3n) is 3.69. The Hall–Kier alpha value is -2.41. The Balaban J connectivity index is 2.57. The van der Waals surface area contributed by atoms with Gasteiger partial charge in [0, 0.05) is 5.70 Å². The van der Waals surface area contributed by atoms with Crippen LogP contribution in [0, 0.1) is 0 Å². The average molecular weight is 369 g/mol. The number of amides is 2. The van der Waals surface area contributed by atoms with E-state index in [-0.39, 0.29) is 23.1 Å². The molecule has 1 aromatic carbocycles. The largest absolute Gasteiger partial charge is 0.503 e. The number of rotatable bonds is 6. The Labute approximate surface area is 150 Å². The highest BCUT2D eigenvalue weighted by Gasteiger charge is 2.33. The minimum atomic E-state index is -0.764. The number of hydrogen-bond acceptors (Lipinski definition) is 5. The van der Waals surface area contributed by atoms with Crippen LogP contribution in [0.4, 0.5) is 4.79 Å². The van der Waals surface area contributed by atoms with Crippen LogP contribution in [-0.2, 0) is 9.53 Å². The molecule has 8 heteroatoms. The van der Waals surface area contributed by atoms with E-state index in [0.717, 1.165) is 0 Å². The summed E-state index contributed by atoms with van der Waals surface area (Å²) in [6.07, 6.45) is 0.447. The van der Waals surface area contributed by atoms with Gasteiger partial charge in [0.25, 0.3) is 0 Å². The second kappa shape index (κ2) is 8.11. The van der Waals surface area contributed by atoms with Gasteiger partial charge in [0.15, 0.2) is 11.5 Å². The van der Waals surface area contributed by atoms with Crippen LogP contribution >= 0.6 is 11.6 Å². The molecule has 7 nitrogen and oxygen atoms in total. The highest BCUT2D eigenvalue weighted by Crippen LogP contribution is 2.39. The Bertz CT molecular complexity index is 717. The van der Waals surface area contributed by atoms with E-state index in [0.29, 0.717) is 29.9 Å². The number of aromatic hydroxyl groups is 1. The van der Waals surface area contributed by atoms with Gasteiger partial charge >= 0.3 is 12.0 Å². The predicted molar refractivity (Wildman–Crippen MR) is 92.6 cm³/mol. The SMILES string of the molecule is CCOC(=O)C1=C(CC)NC(=O)NC1c1cc(Cl)c(O)c(OCC)c1. The number of carbonyl (C=O) groups excluding carboxylic acids is 2. The number of urea groups is 1. The molecular weight excluding hydrogens is 348 g/mol. The summed E-state index contributed by atoms with van der Waals surface area (Å²) in [5, 5.41) is 15.4. The molecule has 0 radical (unpaired) electrons. The van der Waals surface area contributed by atoms with Gasteiger partial charge in [-0.05, 0) is 38.0 Å². The average Bonchev–Trinajstić information content (AvgIpc) is 2.58. The molecule has 0 fully saturated rings. The molecule has 0 saturated carbocycles. The zero-order valence-corrected chi connectivity index (χ0v) is 15.1. The molecule has 2 rings (SSSR count). The van der Waals surface area contributed by atoms with Gasteiger partial charge in [-0.3, -0.25) is 0 Å². The van der Waals surface area contributed by atoms with Crippen LogP contribution in [-0.4, -0.2) is 30.3 Å². The van der Waals surface area contributed by atoms with E-state index in [2.05, 4.69) is 10.6 Å². The number of carbonyl (C=O) groups is 2. The Kier molecular flexibility index (Phi) is 6.14. The molecule has 0 spiro atoms. The fourth-order valence-corrected chi connectivity index (χ4v) is 2.84. The number of halogens is 1. The summed E-state index contributed by atoms with van der Waals surface area (Å²) in [7, 11) is 0. The first-order valence-corrected chi connectivity index (χ1v) is 8.43. The van der Waals surface area contributed by atoms with Crippen molar-refractivity contribution < 1.29 is 24.2 Å². The number of hydrogen-bond donors (Lipinski definition) is 3. The fraction of sp³-hybridized carbons (Fsp3) is 0.412. The second-order valence-electron chi connectivity index (χ2n) is 5.28. The molecule has 1 heterocycles. The number of allylic oxidation sites excluding steroid dienone is 1. The molecule has 3 N–H and O–H groups in total. The van der Waals surface area contributed by atoms with Gasteiger partial charge in [-0.15, -0.1) is 0 Å². The number of benzene rings is 1. The quantitative estimate of drug-likeness (QED) is 0.670. The summed E-state index contributed by atoms with van der Waals surface area (Å²) >= 11 is 6.08. The minimum Gasteiger partial charge on any atom is -0.503 e. The maximum Gasteiger partial charge on any atom is 0.338 e. The zero-order valence-electron chi connectivity index (χ0n) is 14.3. The molecule has 2 amide bonds. The van der Waals surface area contributed by atoms with Crippen LogP contribution in [0.1, 0.15) is 38.8 Å². The summed E-state index contributed by atoms with van der Waals surface area (Å²) in [5.74, 6) is -0.539. The zero-order chi connectivity index (χ0) is 18.6. The molecule has 0 saturated heterocycles. The van der Waals surface area contributed by atoms with Gasteiger partial charge in [-0.2, -0.15) is 0 Å². The van der Waals surface area contributed by atoms with Gasteiger partial charge in [0.05, 0.1) is 29.9 Å². The topological polar surface area (TPSA) is 96.9 Å². The van der Waals surface area contributed by atoms with Crippen molar-refractivity contribution in [1.82, 2.24) is 10.6 Å². The van der Waals surface area contributed by atoms with Crippen LogP contribution in [0.25, 0.3) is 0 Å². The van der Waals surface area contributed by atoms with Crippen molar-refractivity contribution in [3.63, 3.8) is 0 Å². The maximum atomic E-state index is 12.4. The summed E-state index contributed by atoms with van der Waals surface area (Å²) in [6, 6.07) is 1.84. The number of ether oxygens (including phenoxy) is 2. The van der Waals surface area contributed by atoms with Gasteiger partial charge in [-0.1, -0.05) is 18.5 Å². The number of esters is 1. The van der Waals surface area contributed by atoms with Crippen molar-refractivity contribution in [2.45, 2.75) is 33.2 Å². The lowest BCUT2D eigenvalue weighted by atomic mass is 9.94. The van der Waals surface area contributed by atoms with E-state index in [1.807, 2.05) is 6.92 Å². The second-order valence-corrected chi connectivity index (χ2v) is 5.69. The van der Waals surface area contributed by atoms with Gasteiger partial charge in [0.2, 0.25) is 0 Å². The predicted octanol–water partition coefficient (Wildman–Crippen LogP) is 3.03. The molecule has 1 aromatic rings. The molecule has 0 bridgehead atoms. The first-order chi connectivity index (χ1) is 11.9. The fourth-order valence-electron chi connectivity index (χ4n) is 2.62. The van der Waals surface area contributed by atoms with Gasteiger partial charge < -0.3 is 25.2 Å². The lowest BCUT2D eigenvalue weighted by Gasteiger charge is -2.29. The highest BCUT2D eigenvalue weighted by molar-refractivity contribution is 6.32. The molecule has 136 valence electrons. The van der Waals surface area contributed by atoms with Crippen LogP contribution in [0.5, 0.6) is 11.5 Å². The van der Waals surface area contributed by atoms with Gasteiger partial charge in [0.1, 0.15) is 0 Å². The summed E-state index contributed by atoms with van der Waals surface area (Å²) in [5.41, 5.74) is 1.29. The van der Waals surface area contributed by atoms with Crippen molar-refractivity contribution in [1.29, 1.82) is 0 Å².